The van der Waals surface area contributed by atoms with E-state index >= 15 is 0 Å². The van der Waals surface area contributed by atoms with Gasteiger partial charge in [-0.3, -0.25) is 0 Å². The minimum Gasteiger partial charge on any atom is -0.394 e. The van der Waals surface area contributed by atoms with Gasteiger partial charge in [0, 0.05) is 0 Å². The smallest absolute Gasteiger partial charge is 0.189 e. The quantitative estimate of drug-likeness (QED) is 0.243. The summed E-state index contributed by atoms with van der Waals surface area (Å²) >= 11 is 0. The van der Waals surface area contributed by atoms with Crippen molar-refractivity contribution in [3.8, 4) is 0 Å². The van der Waals surface area contributed by atoms with Crippen LogP contribution >= 0.6 is 0 Å². The number of aliphatic hydroxyl groups excluding tert-OH is 8. The Kier molecular flexibility index (Phi) is 6.27. The van der Waals surface area contributed by atoms with Gasteiger partial charge >= 0.3 is 0 Å². The normalized spacial score (nSPS) is 51.7. The van der Waals surface area contributed by atoms with Crippen LogP contribution in [0.15, 0.2) is 0 Å². The van der Waals surface area contributed by atoms with E-state index in [4.69, 9.17) is 24.4 Å². The van der Waals surface area contributed by atoms with E-state index < -0.39 is 74.6 Å². The Hall–Kier alpha value is -0.440. The molecule has 2 rings (SSSR count). The van der Waals surface area contributed by atoms with E-state index in [0.29, 0.717) is 0 Å². The lowest BCUT2D eigenvalue weighted by Crippen LogP contribution is -2.63. The molecule has 0 aromatic heterocycles. The average Bonchev–Trinajstić information content (AvgIpc) is 2.55. The summed E-state index contributed by atoms with van der Waals surface area (Å²) in [6, 6.07) is 0. The first-order chi connectivity index (χ1) is 10.8. The van der Waals surface area contributed by atoms with Crippen LogP contribution in [0.1, 0.15) is 0 Å². The summed E-state index contributed by atoms with van der Waals surface area (Å²) in [5.41, 5.74) is 0. The van der Waals surface area contributed by atoms with Gasteiger partial charge in [-0.25, -0.2) is 0 Å². The molecule has 0 aliphatic carbocycles. The molecule has 2 heterocycles. The topological polar surface area (TPSA) is 190 Å². The number of ether oxygens (including phenoxy) is 3. The maximum absolute atomic E-state index is 9.84. The van der Waals surface area contributed by atoms with E-state index in [1.54, 1.807) is 0 Å². The summed E-state index contributed by atoms with van der Waals surface area (Å²) in [6.45, 7) is -1.33. The first-order valence-electron chi connectivity index (χ1n) is 7.08. The van der Waals surface area contributed by atoms with Crippen molar-refractivity contribution < 1.29 is 55.1 Å². The highest BCUT2D eigenvalue weighted by Crippen LogP contribution is 2.27. The van der Waals surface area contributed by atoms with Crippen LogP contribution < -0.4 is 0 Å². The van der Waals surface area contributed by atoms with Crippen LogP contribution in [0.3, 0.4) is 0 Å². The Morgan fingerprint density at radius 3 is 1.22 bits per heavy atom. The van der Waals surface area contributed by atoms with Gasteiger partial charge in [0.25, 0.3) is 0 Å². The van der Waals surface area contributed by atoms with Gasteiger partial charge in [0.15, 0.2) is 12.6 Å². The molecular weight excluding hydrogens is 320 g/mol. The summed E-state index contributed by atoms with van der Waals surface area (Å²) in [5.74, 6) is 0. The van der Waals surface area contributed by atoms with Crippen molar-refractivity contribution >= 4 is 0 Å². The van der Waals surface area contributed by atoms with Crippen molar-refractivity contribution in [1.29, 1.82) is 0 Å². The van der Waals surface area contributed by atoms with Gasteiger partial charge in [-0.2, -0.15) is 0 Å². The van der Waals surface area contributed by atoms with E-state index in [9.17, 15) is 30.6 Å². The zero-order chi connectivity index (χ0) is 17.3. The van der Waals surface area contributed by atoms with Gasteiger partial charge in [0.1, 0.15) is 48.8 Å². The lowest BCUT2D eigenvalue weighted by Gasteiger charge is -2.44. The first kappa shape index (κ1) is 18.9. The summed E-state index contributed by atoms with van der Waals surface area (Å²) in [7, 11) is 0. The molecule has 2 aliphatic heterocycles. The van der Waals surface area contributed by atoms with Crippen molar-refractivity contribution in [2.75, 3.05) is 13.2 Å². The molecule has 2 aliphatic rings. The predicted octanol–water partition coefficient (Wildman–Crippen LogP) is -5.40. The van der Waals surface area contributed by atoms with Crippen molar-refractivity contribution in [2.24, 2.45) is 0 Å². The largest absolute Gasteiger partial charge is 0.394 e. The zero-order valence-electron chi connectivity index (χ0n) is 12.0. The fraction of sp³-hybridized carbons (Fsp3) is 1.00. The molecule has 4 unspecified atom stereocenters. The van der Waals surface area contributed by atoms with Crippen LogP contribution in [-0.2, 0) is 14.2 Å². The van der Waals surface area contributed by atoms with E-state index in [1.807, 2.05) is 0 Å². The molecule has 8 N–H and O–H groups in total. The summed E-state index contributed by atoms with van der Waals surface area (Å²) in [5, 5.41) is 76.4. The molecule has 11 nitrogen and oxygen atoms in total. The average molecular weight is 342 g/mol. The molecule has 0 spiro atoms. The minimum absolute atomic E-state index is 0.667. The van der Waals surface area contributed by atoms with E-state index in [-0.39, 0.29) is 0 Å². The van der Waals surface area contributed by atoms with Gasteiger partial charge in [-0.15, -0.1) is 0 Å². The van der Waals surface area contributed by atoms with Gasteiger partial charge in [-0.05, 0) is 0 Å². The number of hydrogen-bond acceptors (Lipinski definition) is 11. The van der Waals surface area contributed by atoms with E-state index in [0.717, 1.165) is 0 Å². The molecule has 0 saturated carbocycles. The van der Waals surface area contributed by atoms with Crippen LogP contribution in [0.25, 0.3) is 0 Å². The van der Waals surface area contributed by atoms with Crippen LogP contribution in [0, 0.1) is 0 Å². The molecule has 10 atom stereocenters. The molecule has 136 valence electrons. The summed E-state index contributed by atoms with van der Waals surface area (Å²) in [4.78, 5) is 0. The zero-order valence-corrected chi connectivity index (χ0v) is 12.0. The Bertz CT molecular complexity index is 344. The standard InChI is InChI=1S/C12H22O11/c13-1-3-5(15)7(17)9(19)11(21-3)23-12-10(20)8(18)6(16)4(2-14)22-12/h3-20H,1-2H2/t3?,4?,5-,6-,7-,8-,9?,10?,11-,12+/m1/s1. The van der Waals surface area contributed by atoms with Crippen molar-refractivity contribution in [3.63, 3.8) is 0 Å². The van der Waals surface area contributed by atoms with Crippen molar-refractivity contribution in [1.82, 2.24) is 0 Å². The summed E-state index contributed by atoms with van der Waals surface area (Å²) in [6.07, 6.45) is -15.6. The van der Waals surface area contributed by atoms with Crippen molar-refractivity contribution in [3.05, 3.63) is 0 Å². The first-order valence-corrected chi connectivity index (χ1v) is 7.08. The van der Waals surface area contributed by atoms with Gasteiger partial charge in [0.2, 0.25) is 0 Å². The molecule has 0 amide bonds. The Morgan fingerprint density at radius 2 is 0.913 bits per heavy atom. The molecule has 0 aromatic rings. The van der Waals surface area contributed by atoms with Crippen LogP contribution in [0.5, 0.6) is 0 Å². The minimum atomic E-state index is -1.72. The fourth-order valence-electron chi connectivity index (χ4n) is 2.49. The lowest BCUT2D eigenvalue weighted by molar-refractivity contribution is -0.376. The van der Waals surface area contributed by atoms with Crippen LogP contribution in [-0.4, -0.2) is 115 Å². The monoisotopic (exact) mass is 342 g/mol. The Labute approximate surface area is 130 Å². The van der Waals surface area contributed by atoms with Gasteiger partial charge < -0.3 is 55.1 Å². The molecule has 2 saturated heterocycles. The molecule has 2 fully saturated rings. The molecule has 23 heavy (non-hydrogen) atoms. The number of aliphatic hydroxyl groups is 8. The second kappa shape index (κ2) is 7.63. The van der Waals surface area contributed by atoms with Crippen LogP contribution in [0.4, 0.5) is 0 Å². The molecule has 0 radical (unpaired) electrons. The van der Waals surface area contributed by atoms with Gasteiger partial charge in [0.05, 0.1) is 13.2 Å². The second-order valence-corrected chi connectivity index (χ2v) is 5.53. The third kappa shape index (κ3) is 3.65. The molecule has 0 aromatic carbocycles. The SMILES string of the molecule is OCC1O[C@H](O[C@@H]2OC(CO)[C@@H](O)[C@@H](O)C2O)C(O)[C@H](O)[C@@H]1O. The molecule has 11 heteroatoms. The highest BCUT2D eigenvalue weighted by atomic mass is 16.8. The molecular formula is C12H22O11. The Morgan fingerprint density at radius 1 is 0.565 bits per heavy atom. The van der Waals surface area contributed by atoms with E-state index in [2.05, 4.69) is 0 Å². The number of rotatable bonds is 4. The fourth-order valence-corrected chi connectivity index (χ4v) is 2.49. The predicted molar refractivity (Wildman–Crippen MR) is 68.6 cm³/mol. The Balaban J connectivity index is 2.07. The summed E-state index contributed by atoms with van der Waals surface area (Å²) < 4.78 is 15.3. The maximum Gasteiger partial charge on any atom is 0.189 e. The van der Waals surface area contributed by atoms with E-state index in [1.165, 1.54) is 0 Å². The van der Waals surface area contributed by atoms with Gasteiger partial charge in [-0.1, -0.05) is 0 Å². The third-order valence-corrected chi connectivity index (χ3v) is 3.97. The molecule has 0 bridgehead atoms. The van der Waals surface area contributed by atoms with Crippen LogP contribution in [0.2, 0.25) is 0 Å². The second-order valence-electron chi connectivity index (χ2n) is 5.53. The maximum atomic E-state index is 9.84. The lowest BCUT2D eigenvalue weighted by atomic mass is 9.98. The number of hydrogen-bond donors (Lipinski definition) is 8. The highest BCUT2D eigenvalue weighted by molar-refractivity contribution is 4.92. The van der Waals surface area contributed by atoms with Crippen molar-refractivity contribution in [2.45, 2.75) is 61.4 Å². The third-order valence-electron chi connectivity index (χ3n) is 3.97. The highest BCUT2D eigenvalue weighted by Gasteiger charge is 2.49.